The lowest BCUT2D eigenvalue weighted by atomic mass is 9.92. The minimum absolute atomic E-state index is 0.0510. The molecule has 0 aromatic heterocycles. The van der Waals surface area contributed by atoms with Crippen molar-refractivity contribution in [2.75, 3.05) is 19.6 Å². The van der Waals surface area contributed by atoms with Crippen molar-refractivity contribution in [2.24, 2.45) is 5.73 Å². The molecule has 2 fully saturated rings. The molecule has 6 nitrogen and oxygen atoms in total. The SMILES string of the molecule is NC(=O)C1(O)CCCN(CC(=O)N(Cc2ccccc2)C2CC2)C1. The van der Waals surface area contributed by atoms with Crippen LogP contribution in [0.2, 0.25) is 0 Å². The maximum atomic E-state index is 12.8. The summed E-state index contributed by atoms with van der Waals surface area (Å²) in [5.41, 5.74) is 4.91. The standard InChI is InChI=1S/C18H25N3O3/c19-17(23)18(24)9-4-10-20(13-18)12-16(22)21(15-7-8-15)11-14-5-2-1-3-6-14/h1-3,5-6,15,24H,4,7-13H2,(H2,19,23). The van der Waals surface area contributed by atoms with Crippen LogP contribution in [0.5, 0.6) is 0 Å². The molecule has 6 heteroatoms. The Morgan fingerprint density at radius 3 is 2.62 bits per heavy atom. The second kappa shape index (κ2) is 6.91. The van der Waals surface area contributed by atoms with E-state index in [0.717, 1.165) is 18.4 Å². The number of aliphatic hydroxyl groups is 1. The highest BCUT2D eigenvalue weighted by Crippen LogP contribution is 2.29. The van der Waals surface area contributed by atoms with E-state index < -0.39 is 11.5 Å². The Balaban J connectivity index is 1.62. The summed E-state index contributed by atoms with van der Waals surface area (Å²) in [6.45, 7) is 1.67. The van der Waals surface area contributed by atoms with Crippen molar-refractivity contribution in [2.45, 2.75) is 43.9 Å². The third-order valence-corrected chi connectivity index (χ3v) is 4.87. The number of benzene rings is 1. The number of nitrogens with two attached hydrogens (primary N) is 1. The van der Waals surface area contributed by atoms with E-state index in [1.54, 1.807) is 0 Å². The number of piperidine rings is 1. The van der Waals surface area contributed by atoms with E-state index in [1.807, 2.05) is 40.1 Å². The van der Waals surface area contributed by atoms with Gasteiger partial charge in [0.25, 0.3) is 5.91 Å². The second-order valence-electron chi connectivity index (χ2n) is 6.95. The molecule has 1 saturated carbocycles. The highest BCUT2D eigenvalue weighted by molar-refractivity contribution is 5.84. The van der Waals surface area contributed by atoms with Crippen LogP contribution in [-0.2, 0) is 16.1 Å². The van der Waals surface area contributed by atoms with Gasteiger partial charge in [-0.05, 0) is 37.8 Å². The number of primary amides is 1. The zero-order valence-electron chi connectivity index (χ0n) is 13.9. The molecule has 1 heterocycles. The molecule has 24 heavy (non-hydrogen) atoms. The first-order valence-corrected chi connectivity index (χ1v) is 8.56. The summed E-state index contributed by atoms with van der Waals surface area (Å²) in [5.74, 6) is -0.655. The Labute approximate surface area is 142 Å². The van der Waals surface area contributed by atoms with Crippen LogP contribution in [0.25, 0.3) is 0 Å². The normalized spacial score (nSPS) is 24.5. The van der Waals surface area contributed by atoms with Gasteiger partial charge in [-0.25, -0.2) is 0 Å². The maximum Gasteiger partial charge on any atom is 0.250 e. The van der Waals surface area contributed by atoms with Gasteiger partial charge in [-0.1, -0.05) is 30.3 Å². The largest absolute Gasteiger partial charge is 0.379 e. The van der Waals surface area contributed by atoms with E-state index in [1.165, 1.54) is 0 Å². The van der Waals surface area contributed by atoms with Gasteiger partial charge in [-0.2, -0.15) is 0 Å². The van der Waals surface area contributed by atoms with Crippen molar-refractivity contribution in [1.82, 2.24) is 9.80 Å². The van der Waals surface area contributed by atoms with Gasteiger partial charge < -0.3 is 15.7 Å². The summed E-state index contributed by atoms with van der Waals surface area (Å²) in [5, 5.41) is 10.3. The van der Waals surface area contributed by atoms with Gasteiger partial charge >= 0.3 is 0 Å². The molecule has 1 aliphatic carbocycles. The first kappa shape index (κ1) is 16.9. The van der Waals surface area contributed by atoms with Crippen molar-refractivity contribution in [3.63, 3.8) is 0 Å². The number of carbonyl (C=O) groups is 2. The third kappa shape index (κ3) is 3.94. The number of β-amino-alcohol motifs (C(OH)–C–C–N with tert-alkyl or cyclic N) is 1. The van der Waals surface area contributed by atoms with Crippen LogP contribution in [0, 0.1) is 0 Å². The molecule has 0 spiro atoms. The highest BCUT2D eigenvalue weighted by Gasteiger charge is 2.40. The molecule has 1 aliphatic heterocycles. The molecule has 2 amide bonds. The van der Waals surface area contributed by atoms with Crippen LogP contribution >= 0.6 is 0 Å². The Bertz CT molecular complexity index is 603. The summed E-state index contributed by atoms with van der Waals surface area (Å²) in [7, 11) is 0. The lowest BCUT2D eigenvalue weighted by Gasteiger charge is -2.37. The van der Waals surface area contributed by atoms with Crippen molar-refractivity contribution in [3.8, 4) is 0 Å². The number of likely N-dealkylation sites (tertiary alicyclic amines) is 1. The zero-order valence-corrected chi connectivity index (χ0v) is 13.9. The molecule has 1 aromatic carbocycles. The van der Waals surface area contributed by atoms with Gasteiger partial charge in [-0.15, -0.1) is 0 Å². The molecule has 3 rings (SSSR count). The van der Waals surface area contributed by atoms with Gasteiger partial charge in [0.15, 0.2) is 5.60 Å². The molecular weight excluding hydrogens is 306 g/mol. The first-order chi connectivity index (χ1) is 11.5. The Morgan fingerprint density at radius 1 is 1.29 bits per heavy atom. The predicted molar refractivity (Wildman–Crippen MR) is 89.8 cm³/mol. The summed E-state index contributed by atoms with van der Waals surface area (Å²) in [6, 6.07) is 10.3. The average molecular weight is 331 g/mol. The minimum atomic E-state index is -1.51. The quantitative estimate of drug-likeness (QED) is 0.794. The lowest BCUT2D eigenvalue weighted by molar-refractivity contribution is -0.145. The summed E-state index contributed by atoms with van der Waals surface area (Å²) < 4.78 is 0. The topological polar surface area (TPSA) is 86.9 Å². The van der Waals surface area contributed by atoms with Gasteiger partial charge in [0.2, 0.25) is 5.91 Å². The number of carbonyl (C=O) groups excluding carboxylic acids is 2. The molecule has 2 aliphatic rings. The van der Waals surface area contributed by atoms with E-state index in [4.69, 9.17) is 5.73 Å². The van der Waals surface area contributed by atoms with E-state index in [0.29, 0.717) is 32.0 Å². The van der Waals surface area contributed by atoms with Crippen LogP contribution in [0.4, 0.5) is 0 Å². The summed E-state index contributed by atoms with van der Waals surface area (Å²) in [4.78, 5) is 28.0. The number of nitrogens with zero attached hydrogens (tertiary/aromatic N) is 2. The second-order valence-corrected chi connectivity index (χ2v) is 6.95. The Kier molecular flexibility index (Phi) is 4.87. The van der Waals surface area contributed by atoms with Crippen LogP contribution in [-0.4, -0.2) is 58.0 Å². The van der Waals surface area contributed by atoms with Gasteiger partial charge in [0, 0.05) is 19.1 Å². The average Bonchev–Trinajstić information content (AvgIpc) is 3.38. The molecule has 1 atom stereocenters. The van der Waals surface area contributed by atoms with Crippen molar-refractivity contribution in [1.29, 1.82) is 0 Å². The summed E-state index contributed by atoms with van der Waals surface area (Å²) in [6.07, 6.45) is 3.12. The number of hydrogen-bond acceptors (Lipinski definition) is 4. The minimum Gasteiger partial charge on any atom is -0.379 e. The number of hydrogen-bond donors (Lipinski definition) is 2. The van der Waals surface area contributed by atoms with Gasteiger partial charge in [-0.3, -0.25) is 14.5 Å². The molecule has 130 valence electrons. The van der Waals surface area contributed by atoms with Crippen LogP contribution < -0.4 is 5.73 Å². The lowest BCUT2D eigenvalue weighted by Crippen LogP contribution is -2.57. The Morgan fingerprint density at radius 2 is 2.00 bits per heavy atom. The van der Waals surface area contributed by atoms with Crippen LogP contribution in [0.1, 0.15) is 31.2 Å². The summed E-state index contributed by atoms with van der Waals surface area (Å²) >= 11 is 0. The number of amides is 2. The molecule has 1 aromatic rings. The fourth-order valence-electron chi connectivity index (χ4n) is 3.33. The van der Waals surface area contributed by atoms with Crippen LogP contribution in [0.15, 0.2) is 30.3 Å². The molecular formula is C18H25N3O3. The van der Waals surface area contributed by atoms with E-state index in [-0.39, 0.29) is 19.0 Å². The fraction of sp³-hybridized carbons (Fsp3) is 0.556. The monoisotopic (exact) mass is 331 g/mol. The molecule has 1 unspecified atom stereocenters. The van der Waals surface area contributed by atoms with Gasteiger partial charge in [0.1, 0.15) is 0 Å². The Hall–Kier alpha value is -1.92. The predicted octanol–water partition coefficient (Wildman–Crippen LogP) is 0.490. The first-order valence-electron chi connectivity index (χ1n) is 8.56. The van der Waals surface area contributed by atoms with E-state index >= 15 is 0 Å². The van der Waals surface area contributed by atoms with Crippen molar-refractivity contribution in [3.05, 3.63) is 35.9 Å². The molecule has 3 N–H and O–H groups in total. The van der Waals surface area contributed by atoms with E-state index in [9.17, 15) is 14.7 Å². The smallest absolute Gasteiger partial charge is 0.250 e. The molecule has 0 bridgehead atoms. The van der Waals surface area contributed by atoms with Gasteiger partial charge in [0.05, 0.1) is 6.54 Å². The van der Waals surface area contributed by atoms with Crippen molar-refractivity contribution >= 4 is 11.8 Å². The van der Waals surface area contributed by atoms with Crippen LogP contribution in [0.3, 0.4) is 0 Å². The van der Waals surface area contributed by atoms with E-state index in [2.05, 4.69) is 0 Å². The molecule has 1 saturated heterocycles. The van der Waals surface area contributed by atoms with Crippen molar-refractivity contribution < 1.29 is 14.7 Å². The third-order valence-electron chi connectivity index (χ3n) is 4.87. The molecule has 0 radical (unpaired) electrons. The maximum absolute atomic E-state index is 12.8. The zero-order chi connectivity index (χ0) is 17.2. The highest BCUT2D eigenvalue weighted by atomic mass is 16.3. The number of rotatable bonds is 6. The fourth-order valence-corrected chi connectivity index (χ4v) is 3.33.